The smallest absolute Gasteiger partial charge is 0.247 e. The highest BCUT2D eigenvalue weighted by molar-refractivity contribution is 5.88. The van der Waals surface area contributed by atoms with Crippen molar-refractivity contribution < 1.29 is 9.90 Å². The molecule has 1 saturated heterocycles. The Labute approximate surface area is 101 Å². The summed E-state index contributed by atoms with van der Waals surface area (Å²) in [5.74, 6) is -0.143. The van der Waals surface area contributed by atoms with E-state index in [4.69, 9.17) is 5.73 Å². The third-order valence-corrected chi connectivity index (χ3v) is 3.17. The lowest BCUT2D eigenvalue weighted by atomic mass is 9.88. The number of carbonyl (C=O) groups is 1. The van der Waals surface area contributed by atoms with Gasteiger partial charge in [-0.1, -0.05) is 30.3 Å². The molecule has 92 valence electrons. The van der Waals surface area contributed by atoms with Crippen LogP contribution in [0.1, 0.15) is 19.4 Å². The number of nitrogens with zero attached hydrogens (tertiary/aromatic N) is 1. The molecule has 0 bridgehead atoms. The van der Waals surface area contributed by atoms with Crippen molar-refractivity contribution in [2.75, 3.05) is 13.1 Å². The SMILES string of the molecule is CC1(O)CN(C(=O)C(C)(N)c2ccccc2)C1. The normalized spacial score (nSPS) is 21.5. The van der Waals surface area contributed by atoms with E-state index in [0.717, 1.165) is 5.56 Å². The highest BCUT2D eigenvalue weighted by Gasteiger charge is 2.45. The van der Waals surface area contributed by atoms with Crippen LogP contribution in [0.2, 0.25) is 0 Å². The number of likely N-dealkylation sites (tertiary alicyclic amines) is 1. The number of aliphatic hydroxyl groups is 1. The largest absolute Gasteiger partial charge is 0.386 e. The zero-order valence-electron chi connectivity index (χ0n) is 10.2. The average Bonchev–Trinajstić information content (AvgIpc) is 2.26. The maximum absolute atomic E-state index is 12.2. The molecule has 1 aliphatic rings. The van der Waals surface area contributed by atoms with E-state index in [1.54, 1.807) is 18.7 Å². The van der Waals surface area contributed by atoms with Crippen molar-refractivity contribution in [2.24, 2.45) is 5.73 Å². The second-order valence-electron chi connectivity index (χ2n) is 5.23. The van der Waals surface area contributed by atoms with E-state index >= 15 is 0 Å². The summed E-state index contributed by atoms with van der Waals surface area (Å²) in [5, 5.41) is 9.63. The lowest BCUT2D eigenvalue weighted by molar-refractivity contribution is -0.157. The van der Waals surface area contributed by atoms with Crippen LogP contribution in [-0.2, 0) is 10.3 Å². The molecule has 0 aromatic heterocycles. The van der Waals surface area contributed by atoms with E-state index in [9.17, 15) is 9.90 Å². The molecule has 1 aromatic carbocycles. The Morgan fingerprint density at radius 1 is 1.41 bits per heavy atom. The molecule has 3 N–H and O–H groups in total. The zero-order chi connectivity index (χ0) is 12.7. The van der Waals surface area contributed by atoms with Gasteiger partial charge in [-0.25, -0.2) is 0 Å². The van der Waals surface area contributed by atoms with E-state index in [1.165, 1.54) is 0 Å². The predicted octanol–water partition coefficient (Wildman–Crippen LogP) is 0.454. The summed E-state index contributed by atoms with van der Waals surface area (Å²) in [5.41, 5.74) is 5.10. The highest BCUT2D eigenvalue weighted by Crippen LogP contribution is 2.27. The number of β-amino-alcohol motifs (C(OH)–C–C–N with tert-alkyl or cyclic N) is 1. The van der Waals surface area contributed by atoms with Gasteiger partial charge < -0.3 is 15.7 Å². The Hall–Kier alpha value is -1.39. The summed E-state index contributed by atoms with van der Waals surface area (Å²) in [7, 11) is 0. The van der Waals surface area contributed by atoms with E-state index in [-0.39, 0.29) is 5.91 Å². The molecule has 0 spiro atoms. The first-order valence-electron chi connectivity index (χ1n) is 5.69. The minimum absolute atomic E-state index is 0.143. The van der Waals surface area contributed by atoms with Crippen LogP contribution in [0.3, 0.4) is 0 Å². The second-order valence-corrected chi connectivity index (χ2v) is 5.23. The quantitative estimate of drug-likeness (QED) is 0.781. The molecule has 1 unspecified atom stereocenters. The van der Waals surface area contributed by atoms with Crippen molar-refractivity contribution in [2.45, 2.75) is 25.0 Å². The van der Waals surface area contributed by atoms with Crippen LogP contribution in [0.4, 0.5) is 0 Å². The van der Waals surface area contributed by atoms with Crippen LogP contribution in [0, 0.1) is 0 Å². The standard InChI is InChI=1S/C13H18N2O2/c1-12(17)8-15(9-12)11(16)13(2,14)10-6-4-3-5-7-10/h3-7,17H,8-9,14H2,1-2H3. The van der Waals surface area contributed by atoms with Gasteiger partial charge in [0, 0.05) is 0 Å². The molecule has 0 aliphatic carbocycles. The molecule has 1 aromatic rings. The van der Waals surface area contributed by atoms with Crippen LogP contribution in [0.25, 0.3) is 0 Å². The Balaban J connectivity index is 2.14. The van der Waals surface area contributed by atoms with Crippen LogP contribution in [0.5, 0.6) is 0 Å². The van der Waals surface area contributed by atoms with Gasteiger partial charge in [0.05, 0.1) is 18.7 Å². The highest BCUT2D eigenvalue weighted by atomic mass is 16.3. The lowest BCUT2D eigenvalue weighted by Gasteiger charge is -2.46. The molecule has 1 heterocycles. The topological polar surface area (TPSA) is 66.6 Å². The summed E-state index contributed by atoms with van der Waals surface area (Å²) >= 11 is 0. The summed E-state index contributed by atoms with van der Waals surface area (Å²) in [6, 6.07) is 9.30. The minimum Gasteiger partial charge on any atom is -0.386 e. The molecule has 1 atom stereocenters. The van der Waals surface area contributed by atoms with Crippen LogP contribution >= 0.6 is 0 Å². The van der Waals surface area contributed by atoms with E-state index in [2.05, 4.69) is 0 Å². The fourth-order valence-corrected chi connectivity index (χ4v) is 2.16. The number of benzene rings is 1. The number of amides is 1. The van der Waals surface area contributed by atoms with Gasteiger partial charge in [-0.05, 0) is 19.4 Å². The van der Waals surface area contributed by atoms with Gasteiger partial charge in [0.25, 0.3) is 0 Å². The van der Waals surface area contributed by atoms with E-state index < -0.39 is 11.1 Å². The zero-order valence-corrected chi connectivity index (χ0v) is 10.2. The molecule has 4 heteroatoms. The first kappa shape index (κ1) is 12.1. The van der Waals surface area contributed by atoms with Gasteiger partial charge in [-0.3, -0.25) is 4.79 Å². The number of hydrogen-bond donors (Lipinski definition) is 2. The molecule has 1 amide bonds. The van der Waals surface area contributed by atoms with Gasteiger partial charge in [0.2, 0.25) is 5.91 Å². The van der Waals surface area contributed by atoms with Crippen molar-refractivity contribution in [1.82, 2.24) is 4.90 Å². The molecule has 17 heavy (non-hydrogen) atoms. The molecule has 2 rings (SSSR count). The van der Waals surface area contributed by atoms with E-state index in [0.29, 0.717) is 13.1 Å². The summed E-state index contributed by atoms with van der Waals surface area (Å²) in [4.78, 5) is 13.8. The molecule has 4 nitrogen and oxygen atoms in total. The fraction of sp³-hybridized carbons (Fsp3) is 0.462. The monoisotopic (exact) mass is 234 g/mol. The number of nitrogens with two attached hydrogens (primary N) is 1. The number of hydrogen-bond acceptors (Lipinski definition) is 3. The van der Waals surface area contributed by atoms with Gasteiger partial charge in [-0.15, -0.1) is 0 Å². The third-order valence-electron chi connectivity index (χ3n) is 3.17. The second kappa shape index (κ2) is 3.82. The molecular formula is C13H18N2O2. The maximum atomic E-state index is 12.2. The molecule has 0 radical (unpaired) electrons. The third kappa shape index (κ3) is 2.18. The molecular weight excluding hydrogens is 216 g/mol. The fourth-order valence-electron chi connectivity index (χ4n) is 2.16. The summed E-state index contributed by atoms with van der Waals surface area (Å²) < 4.78 is 0. The number of carbonyl (C=O) groups excluding carboxylic acids is 1. The first-order valence-corrected chi connectivity index (χ1v) is 5.69. The van der Waals surface area contributed by atoms with Gasteiger partial charge >= 0.3 is 0 Å². The lowest BCUT2D eigenvalue weighted by Crippen LogP contribution is -2.66. The summed E-state index contributed by atoms with van der Waals surface area (Å²) in [6.07, 6.45) is 0. The van der Waals surface area contributed by atoms with Gasteiger partial charge in [0.1, 0.15) is 5.54 Å². The molecule has 1 fully saturated rings. The maximum Gasteiger partial charge on any atom is 0.247 e. The summed E-state index contributed by atoms with van der Waals surface area (Å²) in [6.45, 7) is 4.13. The van der Waals surface area contributed by atoms with Crippen molar-refractivity contribution >= 4 is 5.91 Å². The van der Waals surface area contributed by atoms with Crippen molar-refractivity contribution in [3.8, 4) is 0 Å². The van der Waals surface area contributed by atoms with Crippen molar-refractivity contribution in [3.63, 3.8) is 0 Å². The Morgan fingerprint density at radius 3 is 2.41 bits per heavy atom. The van der Waals surface area contributed by atoms with Gasteiger partial charge in [0.15, 0.2) is 0 Å². The van der Waals surface area contributed by atoms with Crippen molar-refractivity contribution in [1.29, 1.82) is 0 Å². The van der Waals surface area contributed by atoms with E-state index in [1.807, 2.05) is 30.3 Å². The van der Waals surface area contributed by atoms with Crippen LogP contribution < -0.4 is 5.73 Å². The average molecular weight is 234 g/mol. The molecule has 1 aliphatic heterocycles. The van der Waals surface area contributed by atoms with Crippen LogP contribution in [0.15, 0.2) is 30.3 Å². The Bertz CT molecular complexity index is 418. The first-order chi connectivity index (χ1) is 7.83. The number of rotatable bonds is 2. The minimum atomic E-state index is -1.03. The molecule has 0 saturated carbocycles. The Morgan fingerprint density at radius 2 is 1.94 bits per heavy atom. The van der Waals surface area contributed by atoms with Gasteiger partial charge in [-0.2, -0.15) is 0 Å². The predicted molar refractivity (Wildman–Crippen MR) is 65.2 cm³/mol. The van der Waals surface area contributed by atoms with Crippen LogP contribution in [-0.4, -0.2) is 34.6 Å². The Kier molecular flexibility index (Phi) is 2.72. The van der Waals surface area contributed by atoms with Crippen molar-refractivity contribution in [3.05, 3.63) is 35.9 Å².